The molecule has 19 heavy (non-hydrogen) atoms. The standard InChI is InChI=1S/C13H20N2O3S/c1-8(12(16)17)7-14-13(18)15-9(2)6-11-5-4-10(3)19-11/h4-5,8-9H,6-7H2,1-3H3,(H,16,17)(H2,14,15,18). The molecule has 2 amide bonds. The Morgan fingerprint density at radius 3 is 2.58 bits per heavy atom. The van der Waals surface area contributed by atoms with Crippen molar-refractivity contribution >= 4 is 23.3 Å². The van der Waals surface area contributed by atoms with Gasteiger partial charge in [-0.25, -0.2) is 4.79 Å². The highest BCUT2D eigenvalue weighted by molar-refractivity contribution is 7.11. The number of carbonyl (C=O) groups is 2. The maximum Gasteiger partial charge on any atom is 0.315 e. The average Bonchev–Trinajstić information content (AvgIpc) is 2.71. The predicted molar refractivity (Wildman–Crippen MR) is 75.6 cm³/mol. The van der Waals surface area contributed by atoms with Crippen molar-refractivity contribution in [3.63, 3.8) is 0 Å². The van der Waals surface area contributed by atoms with Crippen LogP contribution in [0.4, 0.5) is 4.79 Å². The molecular formula is C13H20N2O3S. The molecule has 5 nitrogen and oxygen atoms in total. The number of carboxylic acid groups (broad SMARTS) is 1. The molecule has 0 saturated heterocycles. The highest BCUT2D eigenvalue weighted by Crippen LogP contribution is 2.16. The third kappa shape index (κ3) is 5.74. The fourth-order valence-electron chi connectivity index (χ4n) is 1.56. The average molecular weight is 284 g/mol. The summed E-state index contributed by atoms with van der Waals surface area (Å²) in [5.74, 6) is -1.50. The van der Waals surface area contributed by atoms with E-state index >= 15 is 0 Å². The van der Waals surface area contributed by atoms with Crippen LogP contribution in [-0.2, 0) is 11.2 Å². The molecule has 1 aromatic rings. The summed E-state index contributed by atoms with van der Waals surface area (Å²) in [7, 11) is 0. The Morgan fingerprint density at radius 1 is 1.37 bits per heavy atom. The first-order chi connectivity index (χ1) is 8.88. The summed E-state index contributed by atoms with van der Waals surface area (Å²) in [6.07, 6.45) is 0.778. The third-order valence-electron chi connectivity index (χ3n) is 2.67. The second-order valence-corrected chi connectivity index (χ2v) is 6.08. The molecule has 0 aromatic carbocycles. The fraction of sp³-hybridized carbons (Fsp3) is 0.538. The lowest BCUT2D eigenvalue weighted by Crippen LogP contribution is -2.43. The van der Waals surface area contributed by atoms with Crippen molar-refractivity contribution in [2.75, 3.05) is 6.54 Å². The van der Waals surface area contributed by atoms with Crippen molar-refractivity contribution in [2.24, 2.45) is 5.92 Å². The number of urea groups is 1. The van der Waals surface area contributed by atoms with Crippen LogP contribution < -0.4 is 10.6 Å². The summed E-state index contributed by atoms with van der Waals surface area (Å²) in [6, 6.07) is 3.80. The number of aryl methyl sites for hydroxylation is 1. The molecule has 3 N–H and O–H groups in total. The minimum absolute atomic E-state index is 0.0122. The van der Waals surface area contributed by atoms with Crippen LogP contribution in [0.3, 0.4) is 0 Å². The molecule has 0 aliphatic heterocycles. The Morgan fingerprint density at radius 2 is 2.05 bits per heavy atom. The summed E-state index contributed by atoms with van der Waals surface area (Å²) in [5, 5.41) is 14.1. The van der Waals surface area contributed by atoms with Crippen molar-refractivity contribution in [2.45, 2.75) is 33.2 Å². The first kappa shape index (κ1) is 15.5. The molecule has 2 atom stereocenters. The lowest BCUT2D eigenvalue weighted by molar-refractivity contribution is -0.140. The number of hydrogen-bond donors (Lipinski definition) is 3. The van der Waals surface area contributed by atoms with E-state index in [4.69, 9.17) is 5.11 Å². The molecule has 106 valence electrons. The highest BCUT2D eigenvalue weighted by atomic mass is 32.1. The first-order valence-corrected chi connectivity index (χ1v) is 7.02. The molecule has 1 aromatic heterocycles. The van der Waals surface area contributed by atoms with Crippen LogP contribution in [0.5, 0.6) is 0 Å². The van der Waals surface area contributed by atoms with Gasteiger partial charge in [-0.05, 0) is 26.0 Å². The van der Waals surface area contributed by atoms with Crippen LogP contribution in [0.2, 0.25) is 0 Å². The predicted octanol–water partition coefficient (Wildman–Crippen LogP) is 2.01. The van der Waals surface area contributed by atoms with Crippen molar-refractivity contribution in [1.82, 2.24) is 10.6 Å². The zero-order chi connectivity index (χ0) is 14.4. The monoisotopic (exact) mass is 284 g/mol. The van der Waals surface area contributed by atoms with Crippen LogP contribution in [0.15, 0.2) is 12.1 Å². The second kappa shape index (κ2) is 7.13. The molecule has 0 spiro atoms. The Kier molecular flexibility index (Phi) is 5.82. The fourth-order valence-corrected chi connectivity index (χ4v) is 2.57. The van der Waals surface area contributed by atoms with Crippen LogP contribution >= 0.6 is 11.3 Å². The van der Waals surface area contributed by atoms with E-state index in [0.29, 0.717) is 0 Å². The Balaban J connectivity index is 2.30. The van der Waals surface area contributed by atoms with Crippen molar-refractivity contribution < 1.29 is 14.7 Å². The molecule has 1 heterocycles. The van der Waals surface area contributed by atoms with Gasteiger partial charge in [-0.3, -0.25) is 4.79 Å². The normalized spacial score (nSPS) is 13.6. The van der Waals surface area contributed by atoms with Crippen molar-refractivity contribution in [1.29, 1.82) is 0 Å². The summed E-state index contributed by atoms with van der Waals surface area (Å²) in [4.78, 5) is 24.6. The van der Waals surface area contributed by atoms with Crippen LogP contribution in [0.1, 0.15) is 23.6 Å². The summed E-state index contributed by atoms with van der Waals surface area (Å²) in [5.41, 5.74) is 0. The molecule has 0 fully saturated rings. The molecule has 2 unspecified atom stereocenters. The lowest BCUT2D eigenvalue weighted by Gasteiger charge is -2.14. The van der Waals surface area contributed by atoms with Gasteiger partial charge in [-0.15, -0.1) is 11.3 Å². The number of aliphatic carboxylic acids is 1. The van der Waals surface area contributed by atoms with Gasteiger partial charge in [0.1, 0.15) is 0 Å². The van der Waals surface area contributed by atoms with E-state index in [1.54, 1.807) is 18.3 Å². The quantitative estimate of drug-likeness (QED) is 0.747. The van der Waals surface area contributed by atoms with Gasteiger partial charge < -0.3 is 15.7 Å². The van der Waals surface area contributed by atoms with E-state index in [1.165, 1.54) is 9.75 Å². The summed E-state index contributed by atoms with van der Waals surface area (Å²) >= 11 is 1.72. The van der Waals surface area contributed by atoms with Gasteiger partial charge in [0.2, 0.25) is 0 Å². The molecule has 1 rings (SSSR count). The van der Waals surface area contributed by atoms with E-state index < -0.39 is 11.9 Å². The molecule has 0 aliphatic rings. The van der Waals surface area contributed by atoms with Crippen molar-refractivity contribution in [3.05, 3.63) is 21.9 Å². The van der Waals surface area contributed by atoms with Gasteiger partial charge in [0.15, 0.2) is 0 Å². The number of carboxylic acids is 1. The maximum atomic E-state index is 11.6. The maximum absolute atomic E-state index is 11.6. The second-order valence-electron chi connectivity index (χ2n) is 4.71. The Labute approximate surface area is 117 Å². The van der Waals surface area contributed by atoms with Crippen LogP contribution in [-0.4, -0.2) is 29.7 Å². The summed E-state index contributed by atoms with van der Waals surface area (Å²) in [6.45, 7) is 5.66. The van der Waals surface area contributed by atoms with E-state index in [2.05, 4.69) is 22.8 Å². The number of nitrogens with one attached hydrogen (secondary N) is 2. The largest absolute Gasteiger partial charge is 0.481 e. The topological polar surface area (TPSA) is 78.4 Å². The lowest BCUT2D eigenvalue weighted by atomic mass is 10.2. The van der Waals surface area contributed by atoms with Gasteiger partial charge >= 0.3 is 12.0 Å². The van der Waals surface area contributed by atoms with Crippen LogP contribution in [0, 0.1) is 12.8 Å². The van der Waals surface area contributed by atoms with Gasteiger partial charge in [0.25, 0.3) is 0 Å². The van der Waals surface area contributed by atoms with Gasteiger partial charge in [0, 0.05) is 28.8 Å². The van der Waals surface area contributed by atoms with E-state index in [0.717, 1.165) is 6.42 Å². The Bertz CT molecular complexity index is 445. The minimum atomic E-state index is -0.914. The molecule has 0 bridgehead atoms. The van der Waals surface area contributed by atoms with Gasteiger partial charge in [-0.2, -0.15) is 0 Å². The zero-order valence-electron chi connectivity index (χ0n) is 11.4. The van der Waals surface area contributed by atoms with Gasteiger partial charge in [-0.1, -0.05) is 6.92 Å². The number of thiophene rings is 1. The number of hydrogen-bond acceptors (Lipinski definition) is 3. The van der Waals surface area contributed by atoms with Gasteiger partial charge in [0.05, 0.1) is 5.92 Å². The smallest absolute Gasteiger partial charge is 0.315 e. The highest BCUT2D eigenvalue weighted by Gasteiger charge is 2.13. The van der Waals surface area contributed by atoms with E-state index in [9.17, 15) is 9.59 Å². The molecule has 0 radical (unpaired) electrons. The zero-order valence-corrected chi connectivity index (χ0v) is 12.2. The van der Waals surface area contributed by atoms with Crippen molar-refractivity contribution in [3.8, 4) is 0 Å². The number of rotatable bonds is 6. The third-order valence-corrected chi connectivity index (χ3v) is 3.69. The van der Waals surface area contributed by atoms with E-state index in [-0.39, 0.29) is 18.6 Å². The molecular weight excluding hydrogens is 264 g/mol. The SMILES string of the molecule is Cc1ccc(CC(C)NC(=O)NCC(C)C(=O)O)s1. The van der Waals surface area contributed by atoms with Crippen LogP contribution in [0.25, 0.3) is 0 Å². The number of carbonyl (C=O) groups excluding carboxylic acids is 1. The molecule has 0 saturated carbocycles. The molecule has 6 heteroatoms. The Hall–Kier alpha value is -1.56. The molecule has 0 aliphatic carbocycles. The number of amides is 2. The first-order valence-electron chi connectivity index (χ1n) is 6.21. The van der Waals surface area contributed by atoms with E-state index in [1.807, 2.05) is 13.8 Å². The minimum Gasteiger partial charge on any atom is -0.481 e. The summed E-state index contributed by atoms with van der Waals surface area (Å²) < 4.78 is 0.